The Morgan fingerprint density at radius 2 is 0.719 bits per heavy atom. The van der Waals surface area contributed by atoms with Crippen molar-refractivity contribution < 1.29 is 19.1 Å². The summed E-state index contributed by atoms with van der Waals surface area (Å²) in [5.74, 6) is -0.935. The number of esters is 2. The second kappa shape index (κ2) is 21.8. The second-order valence-corrected chi connectivity index (χ2v) is 9.91. The molecule has 0 aromatic carbocycles. The first-order valence-electron chi connectivity index (χ1n) is 13.8. The molecule has 0 aliphatic heterocycles. The van der Waals surface area contributed by atoms with Crippen molar-refractivity contribution >= 4 is 11.9 Å². The quantitative estimate of drug-likeness (QED) is 0.0881. The van der Waals surface area contributed by atoms with Crippen LogP contribution in [0.4, 0.5) is 0 Å². The Bertz CT molecular complexity index is 445. The Labute approximate surface area is 199 Å². The lowest BCUT2D eigenvalue weighted by Gasteiger charge is -2.20. The van der Waals surface area contributed by atoms with Crippen LogP contribution in [0.25, 0.3) is 0 Å². The third kappa shape index (κ3) is 17.5. The van der Waals surface area contributed by atoms with Gasteiger partial charge in [0.2, 0.25) is 0 Å². The van der Waals surface area contributed by atoms with E-state index in [0.29, 0.717) is 13.2 Å². The van der Waals surface area contributed by atoms with Crippen LogP contribution in [0, 0.1) is 5.41 Å². The molecule has 0 aromatic rings. The van der Waals surface area contributed by atoms with E-state index in [1.54, 1.807) is 13.8 Å². The minimum Gasteiger partial charge on any atom is -0.465 e. The Balaban J connectivity index is 3.66. The molecule has 0 bridgehead atoms. The lowest BCUT2D eigenvalue weighted by molar-refractivity contribution is -0.169. The lowest BCUT2D eigenvalue weighted by atomic mass is 9.94. The summed E-state index contributed by atoms with van der Waals surface area (Å²) in [4.78, 5) is 24.6. The average Bonchev–Trinajstić information content (AvgIpc) is 2.78. The molecule has 0 aliphatic carbocycles. The van der Waals surface area contributed by atoms with Crippen molar-refractivity contribution in [2.24, 2.45) is 5.41 Å². The van der Waals surface area contributed by atoms with Crippen LogP contribution in [0.3, 0.4) is 0 Å². The molecule has 4 nitrogen and oxygen atoms in total. The Morgan fingerprint density at radius 3 is 1.00 bits per heavy atom. The van der Waals surface area contributed by atoms with Crippen molar-refractivity contribution in [1.29, 1.82) is 0 Å². The smallest absolute Gasteiger partial charge is 0.322 e. The molecule has 0 N–H and O–H groups in total. The van der Waals surface area contributed by atoms with Crippen molar-refractivity contribution in [1.82, 2.24) is 0 Å². The number of ether oxygens (including phenoxy) is 2. The minimum atomic E-state index is -1.22. The SMILES string of the molecule is CCCCCCCCCCCCCOC(=O)C(C)(C)C(=O)OCCCCCCCCCC. The maximum Gasteiger partial charge on any atom is 0.322 e. The molecule has 0 spiro atoms. The van der Waals surface area contributed by atoms with E-state index >= 15 is 0 Å². The van der Waals surface area contributed by atoms with Crippen molar-refractivity contribution in [2.45, 2.75) is 150 Å². The van der Waals surface area contributed by atoms with Crippen molar-refractivity contribution in [3.8, 4) is 0 Å². The summed E-state index contributed by atoms with van der Waals surface area (Å²) in [5, 5.41) is 0. The van der Waals surface area contributed by atoms with Gasteiger partial charge in [0.15, 0.2) is 5.41 Å². The van der Waals surface area contributed by atoms with Gasteiger partial charge in [-0.05, 0) is 26.7 Å². The van der Waals surface area contributed by atoms with Crippen LogP contribution in [0.2, 0.25) is 0 Å². The van der Waals surface area contributed by atoms with Crippen LogP contribution < -0.4 is 0 Å². The van der Waals surface area contributed by atoms with Gasteiger partial charge in [0.25, 0.3) is 0 Å². The predicted octanol–water partition coefficient (Wildman–Crippen LogP) is 8.55. The molecule has 0 saturated carbocycles. The van der Waals surface area contributed by atoms with Crippen molar-refractivity contribution in [2.75, 3.05) is 13.2 Å². The van der Waals surface area contributed by atoms with E-state index in [0.717, 1.165) is 25.7 Å². The molecule has 190 valence electrons. The fourth-order valence-electron chi connectivity index (χ4n) is 3.78. The standard InChI is InChI=1S/C28H54O4/c1-5-7-9-11-13-15-16-17-19-21-23-25-32-27(30)28(3,4)26(29)31-24-22-20-18-14-12-10-8-6-2/h5-25H2,1-4H3. The summed E-state index contributed by atoms with van der Waals surface area (Å²) in [6, 6.07) is 0. The van der Waals surface area contributed by atoms with Gasteiger partial charge in [-0.2, -0.15) is 0 Å². The van der Waals surface area contributed by atoms with Crippen LogP contribution >= 0.6 is 0 Å². The average molecular weight is 455 g/mol. The zero-order valence-electron chi connectivity index (χ0n) is 22.0. The topological polar surface area (TPSA) is 52.6 Å². The highest BCUT2D eigenvalue weighted by molar-refractivity contribution is 5.99. The highest BCUT2D eigenvalue weighted by Gasteiger charge is 2.39. The van der Waals surface area contributed by atoms with Crippen molar-refractivity contribution in [3.63, 3.8) is 0 Å². The summed E-state index contributed by atoms with van der Waals surface area (Å²) in [5.41, 5.74) is -1.22. The van der Waals surface area contributed by atoms with Gasteiger partial charge < -0.3 is 9.47 Å². The number of unbranched alkanes of at least 4 members (excludes halogenated alkanes) is 17. The molecule has 0 unspecified atom stereocenters. The number of hydrogen-bond acceptors (Lipinski definition) is 4. The molecule has 32 heavy (non-hydrogen) atoms. The molecule has 0 aliphatic rings. The highest BCUT2D eigenvalue weighted by atomic mass is 16.6. The molecule has 0 rings (SSSR count). The second-order valence-electron chi connectivity index (χ2n) is 9.91. The van der Waals surface area contributed by atoms with Crippen LogP contribution in [-0.4, -0.2) is 25.2 Å². The summed E-state index contributed by atoms with van der Waals surface area (Å²) in [6.45, 7) is 8.47. The first-order valence-corrected chi connectivity index (χ1v) is 13.8. The summed E-state index contributed by atoms with van der Waals surface area (Å²) in [6.07, 6.45) is 23.4. The molecule has 0 amide bonds. The van der Waals surface area contributed by atoms with Gasteiger partial charge in [0.1, 0.15) is 0 Å². The summed E-state index contributed by atoms with van der Waals surface area (Å²) < 4.78 is 10.7. The van der Waals surface area contributed by atoms with E-state index in [1.165, 1.54) is 96.3 Å². The largest absolute Gasteiger partial charge is 0.465 e. The van der Waals surface area contributed by atoms with E-state index in [1.807, 2.05) is 0 Å². The molecule has 0 saturated heterocycles. The number of carbonyl (C=O) groups is 2. The first kappa shape index (κ1) is 30.9. The minimum absolute atomic E-state index is 0.392. The lowest BCUT2D eigenvalue weighted by Crippen LogP contribution is -2.37. The molecule has 4 heteroatoms. The van der Waals surface area contributed by atoms with Gasteiger partial charge in [0.05, 0.1) is 13.2 Å². The maximum atomic E-state index is 12.3. The van der Waals surface area contributed by atoms with Crippen LogP contribution in [-0.2, 0) is 19.1 Å². The van der Waals surface area contributed by atoms with Crippen LogP contribution in [0.1, 0.15) is 150 Å². The molecule has 0 aromatic heterocycles. The fourth-order valence-corrected chi connectivity index (χ4v) is 3.78. The van der Waals surface area contributed by atoms with E-state index < -0.39 is 17.4 Å². The van der Waals surface area contributed by atoms with E-state index in [-0.39, 0.29) is 0 Å². The molecular weight excluding hydrogens is 400 g/mol. The Morgan fingerprint density at radius 1 is 0.469 bits per heavy atom. The summed E-state index contributed by atoms with van der Waals surface area (Å²) in [7, 11) is 0. The Hall–Kier alpha value is -1.06. The van der Waals surface area contributed by atoms with E-state index in [4.69, 9.17) is 9.47 Å². The van der Waals surface area contributed by atoms with Crippen LogP contribution in [0.15, 0.2) is 0 Å². The molecule has 0 radical (unpaired) electrons. The van der Waals surface area contributed by atoms with Crippen LogP contribution in [0.5, 0.6) is 0 Å². The van der Waals surface area contributed by atoms with E-state index in [9.17, 15) is 9.59 Å². The number of rotatable bonds is 23. The van der Waals surface area contributed by atoms with Gasteiger partial charge in [-0.15, -0.1) is 0 Å². The van der Waals surface area contributed by atoms with Gasteiger partial charge in [0, 0.05) is 0 Å². The van der Waals surface area contributed by atoms with Gasteiger partial charge in [-0.1, -0.05) is 123 Å². The normalized spacial score (nSPS) is 11.5. The first-order chi connectivity index (χ1) is 15.5. The zero-order chi connectivity index (χ0) is 23.9. The number of hydrogen-bond donors (Lipinski definition) is 0. The van der Waals surface area contributed by atoms with Gasteiger partial charge in [-0.3, -0.25) is 9.59 Å². The maximum absolute atomic E-state index is 12.3. The fraction of sp³-hybridized carbons (Fsp3) is 0.929. The third-order valence-electron chi connectivity index (χ3n) is 6.23. The monoisotopic (exact) mass is 454 g/mol. The predicted molar refractivity (Wildman–Crippen MR) is 135 cm³/mol. The zero-order valence-corrected chi connectivity index (χ0v) is 22.0. The van der Waals surface area contributed by atoms with Gasteiger partial charge >= 0.3 is 11.9 Å². The summed E-state index contributed by atoms with van der Waals surface area (Å²) >= 11 is 0. The number of carbonyl (C=O) groups excluding carboxylic acids is 2. The van der Waals surface area contributed by atoms with Gasteiger partial charge in [-0.25, -0.2) is 0 Å². The Kier molecular flexibility index (Phi) is 21.0. The molecule has 0 heterocycles. The molecular formula is C28H54O4. The molecule has 0 fully saturated rings. The third-order valence-corrected chi connectivity index (χ3v) is 6.23. The molecule has 0 atom stereocenters. The van der Waals surface area contributed by atoms with E-state index in [2.05, 4.69) is 13.8 Å². The van der Waals surface area contributed by atoms with Crippen molar-refractivity contribution in [3.05, 3.63) is 0 Å². The highest BCUT2D eigenvalue weighted by Crippen LogP contribution is 2.20.